The van der Waals surface area contributed by atoms with Crippen LogP contribution in [0, 0.1) is 5.82 Å². The number of hydrogen-bond donors (Lipinski definition) is 1. The van der Waals surface area contributed by atoms with E-state index in [1.165, 1.54) is 24.5 Å². The van der Waals surface area contributed by atoms with Gasteiger partial charge >= 0.3 is 0 Å². The summed E-state index contributed by atoms with van der Waals surface area (Å²) in [5.74, 6) is -0.202. The first-order valence-electron chi connectivity index (χ1n) is 7.15. The van der Waals surface area contributed by atoms with Crippen LogP contribution in [0.1, 0.15) is 24.0 Å². The van der Waals surface area contributed by atoms with E-state index in [1.807, 2.05) is 24.3 Å². The second-order valence-corrected chi connectivity index (χ2v) is 6.39. The fourth-order valence-corrected chi connectivity index (χ4v) is 2.96. The first-order valence-corrected chi connectivity index (χ1v) is 7.94. The lowest BCUT2D eigenvalue weighted by atomic mass is 10.1. The predicted molar refractivity (Wildman–Crippen MR) is 87.2 cm³/mol. The van der Waals surface area contributed by atoms with Crippen LogP contribution >= 0.6 is 15.9 Å². The molecule has 0 aromatic heterocycles. The van der Waals surface area contributed by atoms with Crippen molar-refractivity contribution in [3.8, 4) is 0 Å². The van der Waals surface area contributed by atoms with Gasteiger partial charge in [-0.15, -0.1) is 0 Å². The summed E-state index contributed by atoms with van der Waals surface area (Å²) in [6.45, 7) is 1.59. The number of rotatable bonds is 5. The van der Waals surface area contributed by atoms with Crippen molar-refractivity contribution in [2.75, 3.05) is 5.73 Å². The van der Waals surface area contributed by atoms with Crippen LogP contribution < -0.4 is 5.73 Å². The van der Waals surface area contributed by atoms with Crippen LogP contribution in [0.25, 0.3) is 0 Å². The molecule has 2 aromatic carbocycles. The summed E-state index contributed by atoms with van der Waals surface area (Å²) in [6, 6.07) is 13.8. The molecule has 0 spiro atoms. The molecule has 1 fully saturated rings. The number of benzene rings is 2. The smallest absolute Gasteiger partial charge is 0.137 e. The standard InChI is InChI=1S/C17H18BrFN2/c18-17-13(4-2-6-16(17)19)11-21(15-7-8-15)10-12-3-1-5-14(20)9-12/h1-6,9,15H,7-8,10-11,20H2. The van der Waals surface area contributed by atoms with Crippen LogP contribution in [-0.2, 0) is 13.1 Å². The van der Waals surface area contributed by atoms with E-state index in [0.717, 1.165) is 24.3 Å². The van der Waals surface area contributed by atoms with Crippen LogP contribution in [0.5, 0.6) is 0 Å². The zero-order chi connectivity index (χ0) is 14.8. The number of nitrogens with zero attached hydrogens (tertiary/aromatic N) is 1. The van der Waals surface area contributed by atoms with Crippen molar-refractivity contribution in [1.82, 2.24) is 4.90 Å². The Labute approximate surface area is 132 Å². The van der Waals surface area contributed by atoms with E-state index in [0.29, 0.717) is 10.5 Å². The minimum absolute atomic E-state index is 0.202. The fraction of sp³-hybridized carbons (Fsp3) is 0.294. The molecule has 0 heterocycles. The lowest BCUT2D eigenvalue weighted by Gasteiger charge is -2.23. The monoisotopic (exact) mass is 348 g/mol. The highest BCUT2D eigenvalue weighted by atomic mass is 79.9. The summed E-state index contributed by atoms with van der Waals surface area (Å²) in [6.07, 6.45) is 2.44. The van der Waals surface area contributed by atoms with E-state index < -0.39 is 0 Å². The van der Waals surface area contributed by atoms with Gasteiger partial charge in [0.25, 0.3) is 0 Å². The van der Waals surface area contributed by atoms with Crippen molar-refractivity contribution in [3.05, 3.63) is 63.9 Å². The van der Waals surface area contributed by atoms with Crippen molar-refractivity contribution in [3.63, 3.8) is 0 Å². The Balaban J connectivity index is 1.77. The van der Waals surface area contributed by atoms with Gasteiger partial charge < -0.3 is 5.73 Å². The van der Waals surface area contributed by atoms with Gasteiger partial charge in [-0.2, -0.15) is 0 Å². The summed E-state index contributed by atoms with van der Waals surface area (Å²) >= 11 is 3.35. The maximum atomic E-state index is 13.6. The SMILES string of the molecule is Nc1cccc(CN(Cc2cccc(F)c2Br)C2CC2)c1. The van der Waals surface area contributed by atoms with Gasteiger partial charge in [-0.3, -0.25) is 4.90 Å². The van der Waals surface area contributed by atoms with Crippen molar-refractivity contribution in [1.29, 1.82) is 0 Å². The first-order chi connectivity index (χ1) is 10.1. The molecule has 110 valence electrons. The summed E-state index contributed by atoms with van der Waals surface area (Å²) < 4.78 is 14.2. The summed E-state index contributed by atoms with van der Waals surface area (Å²) in [7, 11) is 0. The second kappa shape index (κ2) is 6.16. The Bertz CT molecular complexity index is 640. The molecule has 0 saturated heterocycles. The molecule has 0 atom stereocenters. The molecule has 4 heteroatoms. The molecule has 1 aliphatic rings. The van der Waals surface area contributed by atoms with Crippen molar-refractivity contribution < 1.29 is 4.39 Å². The van der Waals surface area contributed by atoms with Crippen LogP contribution in [0.2, 0.25) is 0 Å². The zero-order valence-electron chi connectivity index (χ0n) is 11.7. The quantitative estimate of drug-likeness (QED) is 0.814. The molecule has 21 heavy (non-hydrogen) atoms. The highest BCUT2D eigenvalue weighted by Crippen LogP contribution is 2.32. The van der Waals surface area contributed by atoms with E-state index >= 15 is 0 Å². The molecule has 3 rings (SSSR count). The molecular formula is C17H18BrFN2. The minimum Gasteiger partial charge on any atom is -0.399 e. The number of nitrogens with two attached hydrogens (primary N) is 1. The van der Waals surface area contributed by atoms with E-state index in [1.54, 1.807) is 6.07 Å². The molecule has 2 N–H and O–H groups in total. The molecule has 1 aliphatic carbocycles. The Morgan fingerprint density at radius 1 is 1.14 bits per heavy atom. The molecule has 0 aliphatic heterocycles. The van der Waals surface area contributed by atoms with Crippen LogP contribution in [0.4, 0.5) is 10.1 Å². The maximum Gasteiger partial charge on any atom is 0.137 e. The Morgan fingerprint density at radius 3 is 2.62 bits per heavy atom. The number of anilines is 1. The van der Waals surface area contributed by atoms with Crippen LogP contribution in [0.3, 0.4) is 0 Å². The Morgan fingerprint density at radius 2 is 1.90 bits per heavy atom. The molecule has 0 unspecified atom stereocenters. The highest BCUT2D eigenvalue weighted by molar-refractivity contribution is 9.10. The lowest BCUT2D eigenvalue weighted by Crippen LogP contribution is -2.25. The molecule has 0 amide bonds. The van der Waals surface area contributed by atoms with E-state index in [4.69, 9.17) is 5.73 Å². The third-order valence-electron chi connectivity index (χ3n) is 3.80. The van der Waals surface area contributed by atoms with Crippen molar-refractivity contribution in [2.24, 2.45) is 0 Å². The molecule has 1 saturated carbocycles. The summed E-state index contributed by atoms with van der Waals surface area (Å²) in [5, 5.41) is 0. The molecule has 2 nitrogen and oxygen atoms in total. The summed E-state index contributed by atoms with van der Waals surface area (Å²) in [5.41, 5.74) is 8.83. The van der Waals surface area contributed by atoms with Gasteiger partial charge in [0.2, 0.25) is 0 Å². The second-order valence-electron chi connectivity index (χ2n) is 5.59. The zero-order valence-corrected chi connectivity index (χ0v) is 13.3. The Kier molecular flexibility index (Phi) is 4.27. The van der Waals surface area contributed by atoms with Crippen molar-refractivity contribution in [2.45, 2.75) is 32.0 Å². The average Bonchev–Trinajstić information content (AvgIpc) is 3.27. The fourth-order valence-electron chi connectivity index (χ4n) is 2.57. The van der Waals surface area contributed by atoms with Gasteiger partial charge in [-0.05, 0) is 58.1 Å². The average molecular weight is 349 g/mol. The van der Waals surface area contributed by atoms with Gasteiger partial charge in [0.05, 0.1) is 4.47 Å². The molecule has 0 radical (unpaired) electrons. The lowest BCUT2D eigenvalue weighted by molar-refractivity contribution is 0.245. The number of nitrogen functional groups attached to an aromatic ring is 1. The molecular weight excluding hydrogens is 331 g/mol. The third-order valence-corrected chi connectivity index (χ3v) is 4.69. The third kappa shape index (κ3) is 3.63. The van der Waals surface area contributed by atoms with Crippen molar-refractivity contribution >= 4 is 21.6 Å². The normalized spacial score (nSPS) is 14.6. The molecule has 2 aromatic rings. The molecule has 0 bridgehead atoms. The van der Waals surface area contributed by atoms with Gasteiger partial charge in [-0.1, -0.05) is 24.3 Å². The number of hydrogen-bond acceptors (Lipinski definition) is 2. The maximum absolute atomic E-state index is 13.6. The Hall–Kier alpha value is -1.39. The van der Waals surface area contributed by atoms with Crippen LogP contribution in [-0.4, -0.2) is 10.9 Å². The van der Waals surface area contributed by atoms with E-state index in [9.17, 15) is 4.39 Å². The number of halogens is 2. The largest absolute Gasteiger partial charge is 0.399 e. The first kappa shape index (κ1) is 14.5. The van der Waals surface area contributed by atoms with Gasteiger partial charge in [0, 0.05) is 24.8 Å². The highest BCUT2D eigenvalue weighted by Gasteiger charge is 2.29. The van der Waals surface area contributed by atoms with E-state index in [2.05, 4.69) is 26.9 Å². The van der Waals surface area contributed by atoms with Gasteiger partial charge in [0.15, 0.2) is 0 Å². The van der Waals surface area contributed by atoms with E-state index in [-0.39, 0.29) is 5.82 Å². The van der Waals surface area contributed by atoms with Gasteiger partial charge in [0.1, 0.15) is 5.82 Å². The predicted octanol–water partition coefficient (Wildman–Crippen LogP) is 4.34. The topological polar surface area (TPSA) is 29.3 Å². The van der Waals surface area contributed by atoms with Gasteiger partial charge in [-0.25, -0.2) is 4.39 Å². The minimum atomic E-state index is -0.202. The summed E-state index contributed by atoms with van der Waals surface area (Å²) in [4.78, 5) is 2.40. The van der Waals surface area contributed by atoms with Crippen LogP contribution in [0.15, 0.2) is 46.9 Å².